The Morgan fingerprint density at radius 3 is 2.47 bits per heavy atom. The molecule has 17 heavy (non-hydrogen) atoms. The van der Waals surface area contributed by atoms with Crippen LogP contribution < -0.4 is 4.90 Å². The van der Waals surface area contributed by atoms with Crippen LogP contribution >= 0.6 is 11.6 Å². The number of aliphatic hydroxyl groups excluding tert-OH is 1. The molecule has 1 aromatic rings. The molecule has 1 saturated carbocycles. The zero-order valence-corrected chi connectivity index (χ0v) is 11.2. The molecule has 5 heteroatoms. The summed E-state index contributed by atoms with van der Waals surface area (Å²) in [5.74, 6) is 1.27. The summed E-state index contributed by atoms with van der Waals surface area (Å²) in [6.07, 6.45) is 1.63. The van der Waals surface area contributed by atoms with Crippen LogP contribution in [0.25, 0.3) is 0 Å². The van der Waals surface area contributed by atoms with E-state index in [1.807, 2.05) is 25.8 Å². The number of aromatic nitrogens is 2. The van der Waals surface area contributed by atoms with E-state index < -0.39 is 0 Å². The van der Waals surface area contributed by atoms with Gasteiger partial charge in [-0.1, -0.05) is 11.6 Å². The van der Waals surface area contributed by atoms with E-state index in [0.29, 0.717) is 11.1 Å². The zero-order valence-electron chi connectivity index (χ0n) is 10.4. The third-order valence-electron chi connectivity index (χ3n) is 3.35. The van der Waals surface area contributed by atoms with Gasteiger partial charge in [-0.2, -0.15) is 0 Å². The molecule has 0 bridgehead atoms. The van der Waals surface area contributed by atoms with Crippen molar-refractivity contribution in [2.75, 3.05) is 18.5 Å². The average molecular weight is 256 g/mol. The quantitative estimate of drug-likeness (QED) is 0.897. The molecule has 94 valence electrons. The van der Waals surface area contributed by atoms with E-state index in [1.54, 1.807) is 0 Å². The van der Waals surface area contributed by atoms with E-state index in [0.717, 1.165) is 36.6 Å². The van der Waals surface area contributed by atoms with Crippen LogP contribution in [0.4, 0.5) is 5.82 Å². The summed E-state index contributed by atoms with van der Waals surface area (Å²) in [4.78, 5) is 10.8. The lowest BCUT2D eigenvalue weighted by atomic mass is 9.82. The maximum atomic E-state index is 9.26. The molecule has 1 N–H and O–H groups in total. The number of aryl methyl sites for hydroxylation is 2. The highest BCUT2D eigenvalue weighted by Gasteiger charge is 2.28. The monoisotopic (exact) mass is 255 g/mol. The molecule has 2 rings (SSSR count). The van der Waals surface area contributed by atoms with Gasteiger partial charge in [0.1, 0.15) is 0 Å². The van der Waals surface area contributed by atoms with Gasteiger partial charge >= 0.3 is 0 Å². The minimum atomic E-state index is -0.116. The van der Waals surface area contributed by atoms with Gasteiger partial charge < -0.3 is 10.0 Å². The fourth-order valence-electron chi connectivity index (χ4n) is 2.13. The van der Waals surface area contributed by atoms with Crippen LogP contribution in [0, 0.1) is 19.8 Å². The highest BCUT2D eigenvalue weighted by molar-refractivity contribution is 6.31. The first kappa shape index (κ1) is 12.6. The molecule has 1 aromatic heterocycles. The standard InChI is InChI=1S/C12H18ClN3O/c1-7-8(2)15-12(11(13)14-7)16(3)6-9-4-10(17)5-9/h9-10,17H,4-6H2,1-3H3. The van der Waals surface area contributed by atoms with Crippen LogP contribution in [-0.4, -0.2) is 34.8 Å². The van der Waals surface area contributed by atoms with E-state index in [2.05, 4.69) is 9.97 Å². The normalized spacial score (nSPS) is 23.4. The summed E-state index contributed by atoms with van der Waals surface area (Å²) in [6, 6.07) is 0. The molecule has 1 aliphatic rings. The van der Waals surface area contributed by atoms with Crippen LogP contribution in [0.3, 0.4) is 0 Å². The van der Waals surface area contributed by atoms with Crippen molar-refractivity contribution >= 4 is 17.4 Å². The third-order valence-corrected chi connectivity index (χ3v) is 3.61. The molecule has 1 fully saturated rings. The minimum Gasteiger partial charge on any atom is -0.393 e. The van der Waals surface area contributed by atoms with Gasteiger partial charge in [0.2, 0.25) is 0 Å². The summed E-state index contributed by atoms with van der Waals surface area (Å²) in [5, 5.41) is 9.72. The molecule has 1 heterocycles. The van der Waals surface area contributed by atoms with Gasteiger partial charge in [0, 0.05) is 13.6 Å². The lowest BCUT2D eigenvalue weighted by molar-refractivity contribution is 0.0464. The largest absolute Gasteiger partial charge is 0.393 e. The predicted molar refractivity (Wildman–Crippen MR) is 68.5 cm³/mol. The van der Waals surface area contributed by atoms with Gasteiger partial charge in [0.05, 0.1) is 17.5 Å². The molecule has 0 atom stereocenters. The van der Waals surface area contributed by atoms with Gasteiger partial charge in [-0.15, -0.1) is 0 Å². The van der Waals surface area contributed by atoms with E-state index >= 15 is 0 Å². The maximum Gasteiger partial charge on any atom is 0.171 e. The molecule has 0 aromatic carbocycles. The Kier molecular flexibility index (Phi) is 3.54. The molecule has 1 aliphatic carbocycles. The van der Waals surface area contributed by atoms with E-state index in [4.69, 9.17) is 11.6 Å². The molecule has 0 unspecified atom stereocenters. The molecule has 4 nitrogen and oxygen atoms in total. The number of halogens is 1. The number of aliphatic hydroxyl groups is 1. The first-order chi connectivity index (χ1) is 7.97. The summed E-state index contributed by atoms with van der Waals surface area (Å²) < 4.78 is 0. The van der Waals surface area contributed by atoms with E-state index in [1.165, 1.54) is 0 Å². The Hall–Kier alpha value is -0.870. The lowest BCUT2D eigenvalue weighted by Gasteiger charge is -2.34. The summed E-state index contributed by atoms with van der Waals surface area (Å²) >= 11 is 6.11. The zero-order chi connectivity index (χ0) is 12.6. The second-order valence-electron chi connectivity index (χ2n) is 4.88. The van der Waals surface area contributed by atoms with Crippen LogP contribution in [0.15, 0.2) is 0 Å². The highest BCUT2D eigenvalue weighted by Crippen LogP contribution is 2.30. The van der Waals surface area contributed by atoms with Crippen molar-refractivity contribution in [3.8, 4) is 0 Å². The van der Waals surface area contributed by atoms with Gasteiger partial charge in [-0.05, 0) is 32.6 Å². The fourth-order valence-corrected chi connectivity index (χ4v) is 2.44. The fraction of sp³-hybridized carbons (Fsp3) is 0.667. The second-order valence-corrected chi connectivity index (χ2v) is 5.24. The first-order valence-electron chi connectivity index (χ1n) is 5.87. The lowest BCUT2D eigenvalue weighted by Crippen LogP contribution is -2.37. The summed E-state index contributed by atoms with van der Waals surface area (Å²) in [6.45, 7) is 4.71. The highest BCUT2D eigenvalue weighted by atomic mass is 35.5. The van der Waals surface area contributed by atoms with Crippen molar-refractivity contribution in [2.24, 2.45) is 5.92 Å². The van der Waals surface area contributed by atoms with Gasteiger partial charge in [-0.3, -0.25) is 0 Å². The molecule has 0 spiro atoms. The van der Waals surface area contributed by atoms with Crippen LogP contribution in [0.2, 0.25) is 5.15 Å². The number of nitrogens with zero attached hydrogens (tertiary/aromatic N) is 3. The maximum absolute atomic E-state index is 9.26. The second kappa shape index (κ2) is 4.78. The predicted octanol–water partition coefficient (Wildman–Crippen LogP) is 1.95. The molecular formula is C12H18ClN3O. The Balaban J connectivity index is 2.08. The van der Waals surface area contributed by atoms with Crippen molar-refractivity contribution in [1.29, 1.82) is 0 Å². The molecule has 0 saturated heterocycles. The Labute approximate surface area is 107 Å². The van der Waals surface area contributed by atoms with E-state index in [9.17, 15) is 5.11 Å². The van der Waals surface area contributed by atoms with Crippen LogP contribution in [0.1, 0.15) is 24.2 Å². The number of anilines is 1. The van der Waals surface area contributed by atoms with Crippen molar-refractivity contribution < 1.29 is 5.11 Å². The van der Waals surface area contributed by atoms with Crippen molar-refractivity contribution in [1.82, 2.24) is 9.97 Å². The Morgan fingerprint density at radius 2 is 1.88 bits per heavy atom. The average Bonchev–Trinajstić information content (AvgIpc) is 2.21. The van der Waals surface area contributed by atoms with Crippen molar-refractivity contribution in [3.63, 3.8) is 0 Å². The van der Waals surface area contributed by atoms with E-state index in [-0.39, 0.29) is 6.10 Å². The van der Waals surface area contributed by atoms with Crippen molar-refractivity contribution in [2.45, 2.75) is 32.8 Å². The molecule has 0 radical (unpaired) electrons. The topological polar surface area (TPSA) is 49.2 Å². The van der Waals surface area contributed by atoms with Crippen molar-refractivity contribution in [3.05, 3.63) is 16.5 Å². The Morgan fingerprint density at radius 1 is 1.29 bits per heavy atom. The summed E-state index contributed by atoms with van der Waals surface area (Å²) in [5.41, 5.74) is 1.77. The Bertz CT molecular complexity index is 418. The molecule has 0 aliphatic heterocycles. The van der Waals surface area contributed by atoms with Gasteiger partial charge in [-0.25, -0.2) is 9.97 Å². The van der Waals surface area contributed by atoms with Gasteiger partial charge in [0.25, 0.3) is 0 Å². The summed E-state index contributed by atoms with van der Waals surface area (Å²) in [7, 11) is 1.97. The smallest absolute Gasteiger partial charge is 0.171 e. The third kappa shape index (κ3) is 2.69. The molecule has 0 amide bonds. The van der Waals surface area contributed by atoms with Gasteiger partial charge in [0.15, 0.2) is 11.0 Å². The molecular weight excluding hydrogens is 238 g/mol. The number of rotatable bonds is 3. The number of hydrogen-bond acceptors (Lipinski definition) is 4. The minimum absolute atomic E-state index is 0.116. The van der Waals surface area contributed by atoms with Crippen LogP contribution in [0.5, 0.6) is 0 Å². The first-order valence-corrected chi connectivity index (χ1v) is 6.25. The SMILES string of the molecule is Cc1nc(Cl)c(N(C)CC2CC(O)C2)nc1C. The van der Waals surface area contributed by atoms with Crippen LogP contribution in [-0.2, 0) is 0 Å². The number of hydrogen-bond donors (Lipinski definition) is 1.